The zero-order chi connectivity index (χ0) is 11.5. The van der Waals surface area contributed by atoms with Gasteiger partial charge in [0.15, 0.2) is 0 Å². The predicted molar refractivity (Wildman–Crippen MR) is 63.8 cm³/mol. The fourth-order valence-corrected chi connectivity index (χ4v) is 2.23. The average molecular weight is 243 g/mol. The molecule has 4 heteroatoms. The summed E-state index contributed by atoms with van der Waals surface area (Å²) in [6, 6.07) is 5.21. The molecule has 0 bridgehead atoms. The van der Waals surface area contributed by atoms with Crippen LogP contribution in [0.2, 0.25) is 5.02 Å². The molecule has 2 rings (SSSR count). The van der Waals surface area contributed by atoms with E-state index in [1.165, 1.54) is 6.07 Å². The van der Waals surface area contributed by atoms with E-state index in [-0.39, 0.29) is 10.8 Å². The molecule has 0 amide bonds. The minimum absolute atomic E-state index is 0.185. The van der Waals surface area contributed by atoms with E-state index in [9.17, 15) is 4.39 Å². The number of hydrogen-bond acceptors (Lipinski definition) is 2. The van der Waals surface area contributed by atoms with Crippen LogP contribution in [-0.2, 0) is 6.54 Å². The highest BCUT2D eigenvalue weighted by atomic mass is 35.5. The van der Waals surface area contributed by atoms with Gasteiger partial charge >= 0.3 is 0 Å². The highest BCUT2D eigenvalue weighted by Crippen LogP contribution is 2.24. The van der Waals surface area contributed by atoms with Crippen molar-refractivity contribution in [3.63, 3.8) is 0 Å². The van der Waals surface area contributed by atoms with Crippen molar-refractivity contribution in [3.05, 3.63) is 34.6 Å². The summed E-state index contributed by atoms with van der Waals surface area (Å²) in [4.78, 5) is 0. The van der Waals surface area contributed by atoms with Crippen LogP contribution in [0.25, 0.3) is 0 Å². The Morgan fingerprint density at radius 2 is 2.19 bits per heavy atom. The molecule has 3 N–H and O–H groups in total. The standard InChI is InChI=1S/C12H16ClFN2/c13-11-5-8(1-2-12(11)14)6-16-7-9-3-10(15)4-9/h1-2,5,9-10,16H,3-4,6-7,15H2. The van der Waals surface area contributed by atoms with Gasteiger partial charge in [-0.3, -0.25) is 0 Å². The van der Waals surface area contributed by atoms with Gasteiger partial charge in [-0.1, -0.05) is 17.7 Å². The van der Waals surface area contributed by atoms with Crippen molar-refractivity contribution in [1.29, 1.82) is 0 Å². The zero-order valence-corrected chi connectivity index (χ0v) is 9.80. The molecule has 1 fully saturated rings. The van der Waals surface area contributed by atoms with Crippen LogP contribution in [0.1, 0.15) is 18.4 Å². The zero-order valence-electron chi connectivity index (χ0n) is 9.05. The Bertz CT molecular complexity index is 364. The van der Waals surface area contributed by atoms with Gasteiger partial charge in [0.1, 0.15) is 5.82 Å². The molecule has 0 spiro atoms. The third kappa shape index (κ3) is 2.94. The number of rotatable bonds is 4. The molecule has 2 nitrogen and oxygen atoms in total. The van der Waals surface area contributed by atoms with Gasteiger partial charge in [-0.25, -0.2) is 4.39 Å². The maximum absolute atomic E-state index is 12.9. The lowest BCUT2D eigenvalue weighted by atomic mass is 9.81. The Hall–Kier alpha value is -0.640. The number of hydrogen-bond donors (Lipinski definition) is 2. The van der Waals surface area contributed by atoms with Crippen molar-refractivity contribution in [1.82, 2.24) is 5.32 Å². The number of nitrogens with one attached hydrogen (secondary N) is 1. The summed E-state index contributed by atoms with van der Waals surface area (Å²) in [6.45, 7) is 1.70. The van der Waals surface area contributed by atoms with Gasteiger partial charge in [0.2, 0.25) is 0 Å². The SMILES string of the molecule is NC1CC(CNCc2ccc(F)c(Cl)c2)C1. The van der Waals surface area contributed by atoms with Crippen LogP contribution in [-0.4, -0.2) is 12.6 Å². The average Bonchev–Trinajstić information content (AvgIpc) is 2.21. The molecule has 0 heterocycles. The van der Waals surface area contributed by atoms with Crippen molar-refractivity contribution in [2.24, 2.45) is 11.7 Å². The van der Waals surface area contributed by atoms with Crippen LogP contribution in [0.3, 0.4) is 0 Å². The van der Waals surface area contributed by atoms with Gasteiger partial charge in [-0.2, -0.15) is 0 Å². The topological polar surface area (TPSA) is 38.0 Å². The predicted octanol–water partition coefficient (Wildman–Crippen LogP) is 2.31. The molecular formula is C12H16ClFN2. The van der Waals surface area contributed by atoms with E-state index in [0.29, 0.717) is 12.0 Å². The Morgan fingerprint density at radius 1 is 1.44 bits per heavy atom. The van der Waals surface area contributed by atoms with Gasteiger partial charge in [0.25, 0.3) is 0 Å². The molecule has 1 aliphatic carbocycles. The highest BCUT2D eigenvalue weighted by Gasteiger charge is 2.24. The van der Waals surface area contributed by atoms with Crippen molar-refractivity contribution in [2.45, 2.75) is 25.4 Å². The Kier molecular flexibility index (Phi) is 3.79. The van der Waals surface area contributed by atoms with E-state index in [1.54, 1.807) is 12.1 Å². The van der Waals surface area contributed by atoms with Gasteiger partial charge in [0, 0.05) is 12.6 Å². The van der Waals surface area contributed by atoms with Crippen LogP contribution < -0.4 is 11.1 Å². The van der Waals surface area contributed by atoms with Gasteiger partial charge < -0.3 is 11.1 Å². The van der Waals surface area contributed by atoms with Crippen molar-refractivity contribution >= 4 is 11.6 Å². The fourth-order valence-electron chi connectivity index (χ4n) is 2.02. The van der Waals surface area contributed by atoms with Gasteiger partial charge in [-0.15, -0.1) is 0 Å². The van der Waals surface area contributed by atoms with Crippen LogP contribution in [0.4, 0.5) is 4.39 Å². The second-order valence-electron chi connectivity index (χ2n) is 4.48. The minimum Gasteiger partial charge on any atom is -0.328 e. The van der Waals surface area contributed by atoms with E-state index < -0.39 is 0 Å². The summed E-state index contributed by atoms with van der Waals surface area (Å²) in [5, 5.41) is 3.52. The monoisotopic (exact) mass is 242 g/mol. The Labute approximate surface area is 100.0 Å². The van der Waals surface area contributed by atoms with Crippen LogP contribution in [0.5, 0.6) is 0 Å². The van der Waals surface area contributed by atoms with E-state index in [4.69, 9.17) is 17.3 Å². The molecule has 0 unspecified atom stereocenters. The first-order valence-electron chi connectivity index (χ1n) is 5.55. The first-order chi connectivity index (χ1) is 7.65. The third-order valence-electron chi connectivity index (χ3n) is 3.02. The molecule has 1 aliphatic rings. The molecular weight excluding hydrogens is 227 g/mol. The largest absolute Gasteiger partial charge is 0.328 e. The summed E-state index contributed by atoms with van der Waals surface area (Å²) in [6.07, 6.45) is 2.22. The van der Waals surface area contributed by atoms with Crippen LogP contribution >= 0.6 is 11.6 Å². The summed E-state index contributed by atoms with van der Waals surface area (Å²) in [7, 11) is 0. The second kappa shape index (κ2) is 5.13. The lowest BCUT2D eigenvalue weighted by Gasteiger charge is -2.32. The first-order valence-corrected chi connectivity index (χ1v) is 5.93. The third-order valence-corrected chi connectivity index (χ3v) is 3.31. The first kappa shape index (κ1) is 11.8. The highest BCUT2D eigenvalue weighted by molar-refractivity contribution is 6.30. The van der Waals surface area contributed by atoms with Crippen molar-refractivity contribution in [2.75, 3.05) is 6.54 Å². The van der Waals surface area contributed by atoms with Gasteiger partial charge in [-0.05, 0) is 43.0 Å². The Balaban J connectivity index is 1.74. The van der Waals surface area contributed by atoms with Crippen LogP contribution in [0.15, 0.2) is 18.2 Å². The lowest BCUT2D eigenvalue weighted by molar-refractivity contribution is 0.256. The molecule has 0 atom stereocenters. The summed E-state index contributed by atoms with van der Waals surface area (Å²) in [5.41, 5.74) is 6.71. The number of nitrogens with two attached hydrogens (primary N) is 1. The Morgan fingerprint density at radius 3 is 2.81 bits per heavy atom. The molecule has 1 aromatic carbocycles. The smallest absolute Gasteiger partial charge is 0.141 e. The molecule has 88 valence electrons. The number of halogens is 2. The van der Waals surface area contributed by atoms with Crippen molar-refractivity contribution in [3.8, 4) is 0 Å². The molecule has 0 radical (unpaired) electrons. The minimum atomic E-state index is -0.365. The summed E-state index contributed by atoms with van der Waals surface area (Å²) >= 11 is 5.69. The lowest BCUT2D eigenvalue weighted by Crippen LogP contribution is -2.41. The van der Waals surface area contributed by atoms with Gasteiger partial charge in [0.05, 0.1) is 5.02 Å². The molecule has 0 aliphatic heterocycles. The molecule has 1 aromatic rings. The quantitative estimate of drug-likeness (QED) is 0.850. The maximum atomic E-state index is 12.9. The molecule has 0 aromatic heterocycles. The van der Waals surface area contributed by atoms with E-state index in [1.807, 2.05) is 0 Å². The summed E-state index contributed by atoms with van der Waals surface area (Å²) < 4.78 is 12.9. The molecule has 0 saturated heterocycles. The molecule has 1 saturated carbocycles. The van der Waals surface area contributed by atoms with Crippen LogP contribution in [0, 0.1) is 11.7 Å². The summed E-state index contributed by atoms with van der Waals surface area (Å²) in [5.74, 6) is 0.335. The molecule has 16 heavy (non-hydrogen) atoms. The van der Waals surface area contributed by atoms with Crippen molar-refractivity contribution < 1.29 is 4.39 Å². The maximum Gasteiger partial charge on any atom is 0.141 e. The van der Waals surface area contributed by atoms with E-state index >= 15 is 0 Å². The second-order valence-corrected chi connectivity index (χ2v) is 4.88. The van der Waals surface area contributed by atoms with E-state index in [0.717, 1.165) is 31.5 Å². The normalized spacial score (nSPS) is 24.2. The fraction of sp³-hybridized carbons (Fsp3) is 0.500. The van der Waals surface area contributed by atoms with E-state index in [2.05, 4.69) is 5.32 Å². The number of benzene rings is 1.